The molecule has 0 unspecified atom stereocenters. The molecule has 1 aliphatic rings. The van der Waals surface area contributed by atoms with Crippen LogP contribution in [0.15, 0.2) is 53.3 Å². The number of nitrogens with zero attached hydrogens (tertiary/aromatic N) is 6. The summed E-state index contributed by atoms with van der Waals surface area (Å²) in [4.78, 5) is 27.5. The van der Waals surface area contributed by atoms with Gasteiger partial charge < -0.3 is 4.90 Å². The predicted octanol–water partition coefficient (Wildman–Crippen LogP) is 2.60. The van der Waals surface area contributed by atoms with E-state index < -0.39 is 0 Å². The van der Waals surface area contributed by atoms with E-state index in [-0.39, 0.29) is 17.5 Å². The van der Waals surface area contributed by atoms with E-state index >= 15 is 0 Å². The van der Waals surface area contributed by atoms with Crippen molar-refractivity contribution < 1.29 is 4.79 Å². The van der Waals surface area contributed by atoms with Gasteiger partial charge in [0.1, 0.15) is 16.9 Å². The molecule has 0 atom stereocenters. The normalized spacial score (nSPS) is 15.0. The van der Waals surface area contributed by atoms with E-state index in [0.29, 0.717) is 18.7 Å². The Hall–Kier alpha value is -3.33. The summed E-state index contributed by atoms with van der Waals surface area (Å²) in [5.74, 6) is 0.883. The molecule has 5 rings (SSSR count). The molecule has 0 N–H and O–H groups in total. The molecule has 30 heavy (non-hydrogen) atoms. The molecular formula is C21H20N6O2S. The molecule has 4 aromatic rings. The van der Waals surface area contributed by atoms with Crippen molar-refractivity contribution in [3.05, 3.63) is 70.4 Å². The second-order valence-corrected chi connectivity index (χ2v) is 8.00. The highest BCUT2D eigenvalue weighted by Crippen LogP contribution is 2.28. The topological polar surface area (TPSA) is 85.9 Å². The van der Waals surface area contributed by atoms with E-state index in [1.165, 1.54) is 4.68 Å². The molecule has 152 valence electrons. The number of piperidine rings is 1. The number of fused-ring (bicyclic) bond motifs is 1. The van der Waals surface area contributed by atoms with Crippen LogP contribution >= 0.6 is 11.7 Å². The Kier molecular flexibility index (Phi) is 4.66. The Labute approximate surface area is 176 Å². The van der Waals surface area contributed by atoms with E-state index in [4.69, 9.17) is 0 Å². The van der Waals surface area contributed by atoms with Crippen molar-refractivity contribution in [3.8, 4) is 5.69 Å². The van der Waals surface area contributed by atoms with E-state index in [2.05, 4.69) is 13.8 Å². The van der Waals surface area contributed by atoms with Crippen LogP contribution in [0, 0.1) is 0 Å². The van der Waals surface area contributed by atoms with Gasteiger partial charge in [0.25, 0.3) is 5.91 Å². The average Bonchev–Trinajstić information content (AvgIpc) is 3.38. The van der Waals surface area contributed by atoms with Crippen LogP contribution in [0.2, 0.25) is 0 Å². The standard InChI is InChI=1S/C21H20N6O2S/c1-25-21(29)27(16-5-3-2-4-6-16)19(22-25)14-9-11-26(12-10-14)20(28)15-7-8-17-18(13-15)24-30-23-17/h2-8,13-14H,9-12H2,1H3. The SMILES string of the molecule is Cn1nc(C2CCN(C(=O)c3ccc4nsnc4c3)CC2)n(-c2ccccc2)c1=O. The van der Waals surface area contributed by atoms with Crippen molar-refractivity contribution in [3.63, 3.8) is 0 Å². The van der Waals surface area contributed by atoms with Gasteiger partial charge in [-0.1, -0.05) is 18.2 Å². The molecule has 0 radical (unpaired) electrons. The molecule has 0 spiro atoms. The second-order valence-electron chi connectivity index (χ2n) is 7.47. The predicted molar refractivity (Wildman–Crippen MR) is 114 cm³/mol. The lowest BCUT2D eigenvalue weighted by molar-refractivity contribution is 0.0710. The lowest BCUT2D eigenvalue weighted by Gasteiger charge is -2.31. The molecule has 0 bridgehead atoms. The molecule has 8 nitrogen and oxygen atoms in total. The van der Waals surface area contributed by atoms with Crippen molar-refractivity contribution in [2.45, 2.75) is 18.8 Å². The minimum absolute atomic E-state index is 0.00446. The number of rotatable bonds is 3. The molecule has 2 aromatic carbocycles. The van der Waals surface area contributed by atoms with Crippen LogP contribution in [0.3, 0.4) is 0 Å². The summed E-state index contributed by atoms with van der Waals surface area (Å²) >= 11 is 1.15. The Morgan fingerprint density at radius 2 is 1.77 bits per heavy atom. The first-order valence-corrected chi connectivity index (χ1v) is 10.6. The Morgan fingerprint density at radius 3 is 2.53 bits per heavy atom. The van der Waals surface area contributed by atoms with Gasteiger partial charge in [0.15, 0.2) is 0 Å². The maximum atomic E-state index is 13.0. The molecule has 0 aliphatic carbocycles. The van der Waals surface area contributed by atoms with Crippen LogP contribution in [0.25, 0.3) is 16.7 Å². The van der Waals surface area contributed by atoms with Gasteiger partial charge in [-0.2, -0.15) is 13.8 Å². The third-order valence-corrected chi connectivity index (χ3v) is 6.17. The molecule has 3 heterocycles. The maximum absolute atomic E-state index is 13.0. The fraction of sp³-hybridized carbons (Fsp3) is 0.286. The van der Waals surface area contributed by atoms with Crippen LogP contribution in [0.5, 0.6) is 0 Å². The van der Waals surface area contributed by atoms with Crippen LogP contribution in [0.1, 0.15) is 34.9 Å². The Morgan fingerprint density at radius 1 is 1.03 bits per heavy atom. The van der Waals surface area contributed by atoms with E-state index in [9.17, 15) is 9.59 Å². The highest BCUT2D eigenvalue weighted by atomic mass is 32.1. The van der Waals surface area contributed by atoms with Gasteiger partial charge in [-0.25, -0.2) is 14.0 Å². The second kappa shape index (κ2) is 7.49. The smallest absolute Gasteiger partial charge is 0.339 e. The van der Waals surface area contributed by atoms with Crippen molar-refractivity contribution in [2.24, 2.45) is 7.05 Å². The molecule has 1 fully saturated rings. The zero-order valence-electron chi connectivity index (χ0n) is 16.4. The van der Waals surface area contributed by atoms with Gasteiger partial charge in [-0.3, -0.25) is 4.79 Å². The van der Waals surface area contributed by atoms with E-state index in [1.54, 1.807) is 17.7 Å². The molecule has 1 amide bonds. The lowest BCUT2D eigenvalue weighted by atomic mass is 9.95. The first kappa shape index (κ1) is 18.7. The largest absolute Gasteiger partial charge is 0.350 e. The maximum Gasteiger partial charge on any atom is 0.350 e. The summed E-state index contributed by atoms with van der Waals surface area (Å²) in [7, 11) is 1.67. The highest BCUT2D eigenvalue weighted by Gasteiger charge is 2.29. The lowest BCUT2D eigenvalue weighted by Crippen LogP contribution is -2.38. The molecule has 1 aliphatic heterocycles. The van der Waals surface area contributed by atoms with Crippen LogP contribution < -0.4 is 5.69 Å². The summed E-state index contributed by atoms with van der Waals surface area (Å²) in [6.07, 6.45) is 1.52. The van der Waals surface area contributed by atoms with Crippen molar-refractivity contribution in [1.29, 1.82) is 0 Å². The van der Waals surface area contributed by atoms with Crippen molar-refractivity contribution in [1.82, 2.24) is 28.0 Å². The van der Waals surface area contributed by atoms with Gasteiger partial charge in [0.05, 0.1) is 17.4 Å². The first-order valence-electron chi connectivity index (χ1n) is 9.85. The number of hydrogen-bond donors (Lipinski definition) is 0. The molecule has 1 saturated heterocycles. The van der Waals surface area contributed by atoms with Gasteiger partial charge in [-0.05, 0) is 43.2 Å². The van der Waals surface area contributed by atoms with Crippen molar-refractivity contribution >= 4 is 28.7 Å². The van der Waals surface area contributed by atoms with E-state index in [0.717, 1.165) is 47.1 Å². The molecule has 9 heteroatoms. The average molecular weight is 420 g/mol. The van der Waals surface area contributed by atoms with Gasteiger partial charge in [-0.15, -0.1) is 0 Å². The number of para-hydroxylation sites is 1. The summed E-state index contributed by atoms with van der Waals surface area (Å²) in [5, 5.41) is 4.52. The number of aromatic nitrogens is 5. The zero-order chi connectivity index (χ0) is 20.7. The molecule has 2 aromatic heterocycles. The van der Waals surface area contributed by atoms with Crippen molar-refractivity contribution in [2.75, 3.05) is 13.1 Å². The number of aryl methyl sites for hydroxylation is 1. The quantitative estimate of drug-likeness (QED) is 0.509. The Balaban J connectivity index is 1.36. The van der Waals surface area contributed by atoms with E-state index in [1.807, 2.05) is 47.4 Å². The monoisotopic (exact) mass is 420 g/mol. The number of amides is 1. The molecular weight excluding hydrogens is 400 g/mol. The summed E-state index contributed by atoms with van der Waals surface area (Å²) in [6, 6.07) is 15.0. The van der Waals surface area contributed by atoms with Crippen LogP contribution in [-0.2, 0) is 7.05 Å². The summed E-state index contributed by atoms with van der Waals surface area (Å²) < 4.78 is 11.5. The first-order chi connectivity index (χ1) is 14.6. The van der Waals surface area contributed by atoms with Crippen LogP contribution in [-0.4, -0.2) is 47.0 Å². The number of benzene rings is 2. The fourth-order valence-electron chi connectivity index (χ4n) is 4.01. The van der Waals surface area contributed by atoms with Gasteiger partial charge in [0, 0.05) is 31.6 Å². The third-order valence-electron chi connectivity index (χ3n) is 5.61. The van der Waals surface area contributed by atoms with Gasteiger partial charge in [0.2, 0.25) is 0 Å². The number of carbonyl (C=O) groups is 1. The van der Waals surface area contributed by atoms with Gasteiger partial charge >= 0.3 is 5.69 Å². The van der Waals surface area contributed by atoms with Crippen LogP contribution in [0.4, 0.5) is 0 Å². The number of likely N-dealkylation sites (tertiary alicyclic amines) is 1. The molecule has 0 saturated carbocycles. The summed E-state index contributed by atoms with van der Waals surface area (Å²) in [5.41, 5.74) is 2.85. The number of carbonyl (C=O) groups excluding carboxylic acids is 1. The fourth-order valence-corrected chi connectivity index (χ4v) is 4.52. The summed E-state index contributed by atoms with van der Waals surface area (Å²) in [6.45, 7) is 1.24. The minimum atomic E-state index is -0.153. The highest BCUT2D eigenvalue weighted by molar-refractivity contribution is 7.00. The number of hydrogen-bond acceptors (Lipinski definition) is 6. The minimum Gasteiger partial charge on any atom is -0.339 e. The zero-order valence-corrected chi connectivity index (χ0v) is 17.2. The third kappa shape index (κ3) is 3.21. The Bertz CT molecular complexity index is 1270.